The minimum Gasteiger partial charge on any atom is -0.481 e. The highest BCUT2D eigenvalue weighted by Crippen LogP contribution is 2.70. The number of nitrogens with one attached hydrogen (secondary N) is 1. The molecule has 8 fully saturated rings. The van der Waals surface area contributed by atoms with E-state index in [1.807, 2.05) is 11.6 Å². The number of fused-ring (bicyclic) bond motifs is 2. The minimum absolute atomic E-state index is 0. The summed E-state index contributed by atoms with van der Waals surface area (Å²) >= 11 is 0. The largest absolute Gasteiger partial charge is 0.481 e. The number of hydrogen-bond donors (Lipinski definition) is 2. The van der Waals surface area contributed by atoms with Gasteiger partial charge in [0, 0.05) is 43.1 Å². The lowest BCUT2D eigenvalue weighted by Gasteiger charge is -2.37. The average molecular weight is 779 g/mol. The fourth-order valence-electron chi connectivity index (χ4n) is 12.1. The van der Waals surface area contributed by atoms with Crippen LogP contribution in [-0.4, -0.2) is 97.2 Å². The van der Waals surface area contributed by atoms with E-state index in [4.69, 9.17) is 5.11 Å². The maximum atomic E-state index is 13.3. The molecule has 288 valence electrons. The highest BCUT2D eigenvalue weighted by molar-refractivity contribution is 7.90. The van der Waals surface area contributed by atoms with Crippen LogP contribution < -0.4 is 4.72 Å². The van der Waals surface area contributed by atoms with Gasteiger partial charge in [-0.05, 0) is 73.0 Å². The van der Waals surface area contributed by atoms with E-state index in [9.17, 15) is 26.4 Å². The Labute approximate surface area is 306 Å². The van der Waals surface area contributed by atoms with Gasteiger partial charge in [-0.25, -0.2) is 25.9 Å². The Hall–Kier alpha value is -0.420. The molecule has 50 heavy (non-hydrogen) atoms. The van der Waals surface area contributed by atoms with Crippen LogP contribution in [0.4, 0.5) is 0 Å². The van der Waals surface area contributed by atoms with Crippen LogP contribution >= 0.6 is 18.8 Å². The Balaban J connectivity index is 0.000000159. The first-order valence-electron chi connectivity index (χ1n) is 18.4. The van der Waals surface area contributed by atoms with Gasteiger partial charge in [-0.1, -0.05) is 80.6 Å². The molecule has 0 radical (unpaired) electrons. The fourth-order valence-corrected chi connectivity index (χ4v) is 17.9. The third kappa shape index (κ3) is 6.24. The molecule has 4 saturated heterocycles. The van der Waals surface area contributed by atoms with Crippen molar-refractivity contribution in [1.82, 2.24) is 18.4 Å². The summed E-state index contributed by atoms with van der Waals surface area (Å²) in [6.45, 7) is 16.2. The molecule has 1 amide bonds. The molecule has 4 bridgehead atoms. The average Bonchev–Trinajstić information content (AvgIpc) is 3.84. The lowest BCUT2D eigenvalue weighted by Crippen LogP contribution is -2.47. The molecule has 2 N–H and O–H groups in total. The number of carboxylic acid groups (broad SMARTS) is 1. The number of carbonyl (C=O) groups is 2. The first kappa shape index (κ1) is 40.8. The second kappa shape index (κ2) is 13.7. The molecule has 11 nitrogen and oxygen atoms in total. The predicted octanol–water partition coefficient (Wildman–Crippen LogP) is 4.67. The van der Waals surface area contributed by atoms with E-state index in [1.54, 1.807) is 0 Å². The molecule has 8 rings (SSSR count). The number of carboxylic acids is 1. The van der Waals surface area contributed by atoms with Crippen LogP contribution in [0.5, 0.6) is 0 Å². The van der Waals surface area contributed by atoms with Gasteiger partial charge in [-0.3, -0.25) is 18.9 Å². The summed E-state index contributed by atoms with van der Waals surface area (Å²) in [7, 11) is -1.22. The quantitative estimate of drug-likeness (QED) is 0.390. The van der Waals surface area contributed by atoms with Crippen molar-refractivity contribution in [3.05, 3.63) is 0 Å². The zero-order valence-corrected chi connectivity index (χ0v) is 34.2. The Morgan fingerprint density at radius 2 is 1.28 bits per heavy atom. The van der Waals surface area contributed by atoms with Gasteiger partial charge in [-0.2, -0.15) is 0 Å². The van der Waals surface area contributed by atoms with Crippen LogP contribution in [0.3, 0.4) is 0 Å². The van der Waals surface area contributed by atoms with Crippen molar-refractivity contribution in [3.63, 3.8) is 0 Å². The SMILES string of the molecule is C.CC1(C)C2CC[C@@]13CS(=O)(=O)N[C@H]3C2.CC[C@@H]1CN(P)C[C@@H]1C(=O)N1[C@H]2CC3CC[C@@]2(CS1(=O)=O)C3(C)C.CC[C@@H]1CN(P)C[C@@H]1C(=O)O. The highest BCUT2D eigenvalue weighted by Gasteiger charge is 2.73. The standard InChI is InChI=1S/C17H29N2O3PS.C10H17NO2S.C7H14NO2P.CH4/c1-4-11-8-18(23)9-13(11)15(20)19-14-7-12-5-6-17(14,16(12,2)3)10-24(19,21)22;1-9(2)7-3-4-10(9)6-14(12,13)11-8(10)5-7;1-2-5-3-8(11)4-6(5)7(9)10;/h11-14H,4-10,23H2,1-3H3;7-8,11H,3-6H2,1-2H3;5-6H,2-4,11H2,1H3,(H,9,10);1H4/t11-,12?,13+,14+,17+;7?,8-,10-;5-,6+;/m101./s1. The summed E-state index contributed by atoms with van der Waals surface area (Å²) in [6, 6.07) is 0.140. The summed E-state index contributed by atoms with van der Waals surface area (Å²) < 4.78 is 57.5. The zero-order chi connectivity index (χ0) is 36.1. The summed E-state index contributed by atoms with van der Waals surface area (Å²) in [5, 5.41) is 8.80. The summed E-state index contributed by atoms with van der Waals surface area (Å²) in [6.07, 6.45) is 8.19. The summed E-state index contributed by atoms with van der Waals surface area (Å²) in [5.74, 6) is 1.31. The summed E-state index contributed by atoms with van der Waals surface area (Å²) in [5.41, 5.74) is 0.0735. The lowest BCUT2D eigenvalue weighted by atomic mass is 9.69. The van der Waals surface area contributed by atoms with E-state index < -0.39 is 26.0 Å². The second-order valence-electron chi connectivity index (χ2n) is 17.8. The van der Waals surface area contributed by atoms with Crippen LogP contribution in [0.2, 0.25) is 0 Å². The molecule has 4 saturated carbocycles. The van der Waals surface area contributed by atoms with Gasteiger partial charge in [0.05, 0.1) is 29.4 Å². The number of nitrogens with zero attached hydrogens (tertiary/aromatic N) is 3. The number of rotatable bonds is 4. The van der Waals surface area contributed by atoms with Crippen molar-refractivity contribution in [2.45, 2.75) is 112 Å². The van der Waals surface area contributed by atoms with Crippen LogP contribution in [0.15, 0.2) is 0 Å². The van der Waals surface area contributed by atoms with Crippen molar-refractivity contribution in [2.75, 3.05) is 37.7 Å². The van der Waals surface area contributed by atoms with E-state index in [0.29, 0.717) is 30.7 Å². The van der Waals surface area contributed by atoms with Gasteiger partial charge in [0.15, 0.2) is 0 Å². The number of hydrogen-bond acceptors (Lipinski definition) is 8. The maximum Gasteiger partial charge on any atom is 0.308 e. The Morgan fingerprint density at radius 3 is 1.76 bits per heavy atom. The molecule has 4 aliphatic heterocycles. The van der Waals surface area contributed by atoms with Crippen molar-refractivity contribution < 1.29 is 31.5 Å². The van der Waals surface area contributed by atoms with Crippen molar-refractivity contribution >= 4 is 50.7 Å². The number of aliphatic carboxylic acids is 1. The predicted molar refractivity (Wildman–Crippen MR) is 204 cm³/mol. The first-order valence-corrected chi connectivity index (χ1v) is 22.7. The van der Waals surface area contributed by atoms with E-state index in [0.717, 1.165) is 64.0 Å². The smallest absolute Gasteiger partial charge is 0.308 e. The molecule has 4 aliphatic carbocycles. The molecular weight excluding hydrogens is 714 g/mol. The van der Waals surface area contributed by atoms with Gasteiger partial charge in [0.25, 0.3) is 0 Å². The molecule has 2 spiro atoms. The topological polar surface area (TPSA) is 144 Å². The molecule has 12 atom stereocenters. The van der Waals surface area contributed by atoms with Crippen LogP contribution in [0, 0.1) is 57.2 Å². The van der Waals surface area contributed by atoms with Crippen LogP contribution in [0.1, 0.15) is 100 Å². The Morgan fingerprint density at radius 1 is 0.780 bits per heavy atom. The second-order valence-corrected chi connectivity index (χ2v) is 22.9. The third-order valence-electron chi connectivity index (χ3n) is 15.4. The monoisotopic (exact) mass is 778 g/mol. The Kier molecular flexibility index (Phi) is 11.2. The van der Waals surface area contributed by atoms with Crippen LogP contribution in [-0.2, 0) is 29.6 Å². The molecule has 4 unspecified atom stereocenters. The fraction of sp³-hybridized carbons (Fsp3) is 0.943. The summed E-state index contributed by atoms with van der Waals surface area (Å²) in [4.78, 5) is 24.0. The van der Waals surface area contributed by atoms with E-state index >= 15 is 0 Å². The molecule has 15 heteroatoms. The number of amides is 1. The molecule has 0 aromatic carbocycles. The van der Waals surface area contributed by atoms with Gasteiger partial charge < -0.3 is 5.11 Å². The van der Waals surface area contributed by atoms with E-state index in [2.05, 4.69) is 62.8 Å². The van der Waals surface area contributed by atoms with Gasteiger partial charge >= 0.3 is 5.97 Å². The third-order valence-corrected chi connectivity index (χ3v) is 19.7. The highest BCUT2D eigenvalue weighted by atomic mass is 32.2. The normalized spacial score (nSPS) is 43.7. The van der Waals surface area contributed by atoms with Crippen molar-refractivity contribution in [1.29, 1.82) is 0 Å². The van der Waals surface area contributed by atoms with Crippen molar-refractivity contribution in [2.24, 2.45) is 57.2 Å². The van der Waals surface area contributed by atoms with E-state index in [-0.39, 0.29) is 70.6 Å². The van der Waals surface area contributed by atoms with Gasteiger partial charge in [0.2, 0.25) is 26.0 Å². The molecule has 8 aliphatic rings. The number of sulfonamides is 2. The van der Waals surface area contributed by atoms with E-state index in [1.165, 1.54) is 10.7 Å². The zero-order valence-electron chi connectivity index (χ0n) is 30.2. The molecule has 4 heterocycles. The number of carbonyl (C=O) groups excluding carboxylic acids is 1. The van der Waals surface area contributed by atoms with Gasteiger partial charge in [0.1, 0.15) is 0 Å². The first-order chi connectivity index (χ1) is 22.7. The Bertz CT molecular complexity index is 1560. The van der Waals surface area contributed by atoms with Crippen LogP contribution in [0.25, 0.3) is 0 Å². The molecule has 0 aromatic rings. The lowest BCUT2D eigenvalue weighted by molar-refractivity contribution is -0.142. The maximum absolute atomic E-state index is 13.3. The molecule has 0 aromatic heterocycles. The molecular formula is C35H64N4O7P2S2. The minimum atomic E-state index is -3.49. The van der Waals surface area contributed by atoms with Crippen molar-refractivity contribution in [3.8, 4) is 0 Å². The van der Waals surface area contributed by atoms with Gasteiger partial charge in [-0.15, -0.1) is 0 Å².